The van der Waals surface area contributed by atoms with Crippen molar-refractivity contribution < 1.29 is 21.8 Å². The highest BCUT2D eigenvalue weighted by atomic mass is 32.3. The van der Waals surface area contributed by atoms with Gasteiger partial charge in [-0.1, -0.05) is 81.9 Å². The fourth-order valence-corrected chi connectivity index (χ4v) is 2.81. The summed E-state index contributed by atoms with van der Waals surface area (Å²) in [6.45, 7) is 4.21. The van der Waals surface area contributed by atoms with E-state index in [2.05, 4.69) is 20.3 Å². The van der Waals surface area contributed by atoms with Gasteiger partial charge in [0.1, 0.15) is 0 Å². The largest absolute Gasteiger partial charge is 0.426 e. The average Bonchev–Trinajstić information content (AvgIpc) is 2.50. The molecule has 6 heteroatoms. The van der Waals surface area contributed by atoms with Gasteiger partial charge >= 0.3 is 10.4 Å². The molecule has 0 unspecified atom stereocenters. The van der Waals surface area contributed by atoms with E-state index in [-0.39, 0.29) is 13.2 Å². The van der Waals surface area contributed by atoms with Crippen LogP contribution in [0.15, 0.2) is 0 Å². The van der Waals surface area contributed by atoms with Crippen LogP contribution in [0.3, 0.4) is 0 Å². The number of hydrogen-bond donors (Lipinski definition) is 0. The van der Waals surface area contributed by atoms with E-state index in [0.29, 0.717) is 0 Å². The molecule has 0 amide bonds. The summed E-state index contributed by atoms with van der Waals surface area (Å²) in [5.74, 6) is 0. The van der Waals surface area contributed by atoms with Gasteiger partial charge in [0.15, 0.2) is 0 Å². The fraction of sp³-hybridized carbons (Fsp3) is 1.00. The van der Waals surface area contributed by atoms with Gasteiger partial charge in [0.2, 0.25) is 0 Å². The maximum absolute atomic E-state index is 11.1. The minimum atomic E-state index is -3.98. The maximum atomic E-state index is 11.1. The zero-order valence-corrected chi connectivity index (χ0v) is 15.2. The smallest absolute Gasteiger partial charge is 0.246 e. The zero-order valence-electron chi connectivity index (χ0n) is 14.3. The summed E-state index contributed by atoms with van der Waals surface area (Å²) in [5.41, 5.74) is 0. The lowest BCUT2D eigenvalue weighted by Gasteiger charge is -2.04. The maximum Gasteiger partial charge on any atom is 0.426 e. The van der Waals surface area contributed by atoms with Crippen LogP contribution in [0, 0.1) is 0 Å². The second kappa shape index (κ2) is 15.7. The van der Waals surface area contributed by atoms with Crippen molar-refractivity contribution in [1.82, 2.24) is 0 Å². The normalized spacial score (nSPS) is 11.9. The van der Waals surface area contributed by atoms with Crippen molar-refractivity contribution in [2.24, 2.45) is 0 Å². The highest BCUT2D eigenvalue weighted by Gasteiger charge is 2.12. The summed E-state index contributed by atoms with van der Waals surface area (Å²) in [4.78, 5) is 4.35. The molecule has 0 bridgehead atoms. The van der Waals surface area contributed by atoms with Gasteiger partial charge in [-0.15, -0.1) is 0 Å². The van der Waals surface area contributed by atoms with Crippen LogP contribution < -0.4 is 0 Å². The van der Waals surface area contributed by atoms with Gasteiger partial charge in [-0.25, -0.2) is 9.07 Å². The molecule has 0 aromatic heterocycles. The molecule has 0 aliphatic carbocycles. The molecule has 0 radical (unpaired) electrons. The molecule has 0 N–H and O–H groups in total. The Bertz CT molecular complexity index is 316. The summed E-state index contributed by atoms with van der Waals surface area (Å²) in [6, 6.07) is 0. The van der Waals surface area contributed by atoms with Crippen molar-refractivity contribution in [1.29, 1.82) is 0 Å². The molecule has 134 valence electrons. The van der Waals surface area contributed by atoms with Gasteiger partial charge in [-0.05, 0) is 13.3 Å². The molecule has 0 aromatic carbocycles. The molecule has 5 nitrogen and oxygen atoms in total. The predicted molar refractivity (Wildman–Crippen MR) is 88.7 cm³/mol. The first kappa shape index (κ1) is 21.8. The third kappa shape index (κ3) is 16.2. The molecule has 0 aliphatic rings. The molecule has 22 heavy (non-hydrogen) atoms. The third-order valence-electron chi connectivity index (χ3n) is 3.47. The molecule has 0 spiro atoms. The van der Waals surface area contributed by atoms with E-state index >= 15 is 0 Å². The third-order valence-corrected chi connectivity index (χ3v) is 4.19. The Kier molecular flexibility index (Phi) is 15.6. The van der Waals surface area contributed by atoms with E-state index in [0.717, 1.165) is 19.3 Å². The first-order valence-electron chi connectivity index (χ1n) is 8.82. The molecular weight excluding hydrogens is 304 g/mol. The average molecular weight is 339 g/mol. The second-order valence-electron chi connectivity index (χ2n) is 5.59. The quantitative estimate of drug-likeness (QED) is 0.214. The van der Waals surface area contributed by atoms with E-state index in [9.17, 15) is 8.42 Å². The van der Waals surface area contributed by atoms with Gasteiger partial charge in [0.25, 0.3) is 0 Å². The summed E-state index contributed by atoms with van der Waals surface area (Å²) >= 11 is 0. The van der Waals surface area contributed by atoms with E-state index in [4.69, 9.17) is 0 Å². The van der Waals surface area contributed by atoms with Crippen LogP contribution in [-0.4, -0.2) is 21.6 Å². The van der Waals surface area contributed by atoms with Crippen LogP contribution in [0.2, 0.25) is 0 Å². The van der Waals surface area contributed by atoms with Crippen LogP contribution in [-0.2, 0) is 23.8 Å². The molecule has 0 aromatic rings. The molecule has 0 aliphatic heterocycles. The summed E-state index contributed by atoms with van der Waals surface area (Å²) < 4.78 is 31.0. The van der Waals surface area contributed by atoms with Crippen LogP contribution in [0.5, 0.6) is 0 Å². The second-order valence-corrected chi connectivity index (χ2v) is 6.78. The standard InChI is InChI=1S/C16H34O5S/c1-3-5-6-7-8-9-10-11-12-13-14-15-16-20-22(17,18)21-19-4-2/h3-16H2,1-2H3. The van der Waals surface area contributed by atoms with E-state index in [1.807, 2.05) is 0 Å². The Morgan fingerprint density at radius 1 is 0.682 bits per heavy atom. The highest BCUT2D eigenvalue weighted by molar-refractivity contribution is 7.81. The first-order valence-corrected chi connectivity index (χ1v) is 10.2. The monoisotopic (exact) mass is 338 g/mol. The van der Waals surface area contributed by atoms with Crippen molar-refractivity contribution >= 4 is 10.4 Å². The first-order chi connectivity index (χ1) is 10.6. The van der Waals surface area contributed by atoms with Crippen LogP contribution in [0.1, 0.15) is 90.9 Å². The van der Waals surface area contributed by atoms with Crippen LogP contribution in [0.25, 0.3) is 0 Å². The van der Waals surface area contributed by atoms with E-state index in [1.54, 1.807) is 6.92 Å². The van der Waals surface area contributed by atoms with Crippen molar-refractivity contribution in [3.05, 3.63) is 0 Å². The molecule has 0 saturated heterocycles. The minimum Gasteiger partial charge on any atom is -0.246 e. The molecular formula is C16H34O5S. The molecule has 0 fully saturated rings. The van der Waals surface area contributed by atoms with Gasteiger partial charge < -0.3 is 0 Å². The van der Waals surface area contributed by atoms with E-state index in [1.165, 1.54) is 57.8 Å². The van der Waals surface area contributed by atoms with Crippen LogP contribution >= 0.6 is 0 Å². The fourth-order valence-electron chi connectivity index (χ4n) is 2.23. The van der Waals surface area contributed by atoms with E-state index < -0.39 is 10.4 Å². The van der Waals surface area contributed by atoms with Crippen molar-refractivity contribution in [3.8, 4) is 0 Å². The number of rotatable bonds is 17. The Morgan fingerprint density at radius 2 is 1.14 bits per heavy atom. The predicted octanol–water partition coefficient (Wildman–Crippen LogP) is 4.92. The number of hydrogen-bond acceptors (Lipinski definition) is 5. The lowest BCUT2D eigenvalue weighted by atomic mass is 10.1. The van der Waals surface area contributed by atoms with Crippen LogP contribution in [0.4, 0.5) is 0 Å². The Labute approximate surface area is 137 Å². The van der Waals surface area contributed by atoms with Gasteiger partial charge in [0, 0.05) is 0 Å². The minimum absolute atomic E-state index is 0.160. The van der Waals surface area contributed by atoms with Crippen molar-refractivity contribution in [2.45, 2.75) is 90.9 Å². The SMILES string of the molecule is CCCCCCCCCCCCCCOS(=O)(=O)OOCC. The zero-order chi connectivity index (χ0) is 16.5. The topological polar surface area (TPSA) is 61.8 Å². The van der Waals surface area contributed by atoms with Gasteiger partial charge in [-0.3, -0.25) is 0 Å². The molecule has 0 atom stereocenters. The van der Waals surface area contributed by atoms with Crippen molar-refractivity contribution in [2.75, 3.05) is 13.2 Å². The molecule has 0 rings (SSSR count). The lowest BCUT2D eigenvalue weighted by Crippen LogP contribution is -2.11. The van der Waals surface area contributed by atoms with Gasteiger partial charge in [-0.2, -0.15) is 8.42 Å². The molecule has 0 saturated carbocycles. The summed E-state index contributed by atoms with van der Waals surface area (Å²) in [7, 11) is -3.98. The summed E-state index contributed by atoms with van der Waals surface area (Å²) in [6.07, 6.45) is 14.8. The Hall–Kier alpha value is -0.170. The Balaban J connectivity index is 3.20. The lowest BCUT2D eigenvalue weighted by molar-refractivity contribution is -0.205. The summed E-state index contributed by atoms with van der Waals surface area (Å²) in [5, 5.41) is 0. The molecule has 0 heterocycles. The highest BCUT2D eigenvalue weighted by Crippen LogP contribution is 2.12. The Morgan fingerprint density at radius 3 is 1.59 bits per heavy atom. The van der Waals surface area contributed by atoms with Gasteiger partial charge in [0.05, 0.1) is 13.2 Å². The number of unbranched alkanes of at least 4 members (excludes halogenated alkanes) is 11. The van der Waals surface area contributed by atoms with Crippen molar-refractivity contribution in [3.63, 3.8) is 0 Å².